The molecule has 0 unspecified atom stereocenters. The van der Waals surface area contributed by atoms with Gasteiger partial charge in [-0.05, 0) is 6.07 Å². The van der Waals surface area contributed by atoms with Crippen LogP contribution in [0, 0.1) is 0 Å². The zero-order chi connectivity index (χ0) is 17.0. The molecule has 3 rings (SSSR count). The molecule has 0 saturated heterocycles. The summed E-state index contributed by atoms with van der Waals surface area (Å²) in [4.78, 5) is 22.7. The summed E-state index contributed by atoms with van der Waals surface area (Å²) in [5, 5.41) is 1.64. The standard InChI is InChI=1S/C20H15O3P/c21-14-16-11-12-17(15-22)20(13-16)24(23,18-7-3-1-4-8-18)19-9-5-2-6-10-19/h1-15H. The van der Waals surface area contributed by atoms with Crippen molar-refractivity contribution in [3.05, 3.63) is 90.0 Å². The second kappa shape index (κ2) is 6.77. The first-order valence-corrected chi connectivity index (χ1v) is 9.17. The van der Waals surface area contributed by atoms with E-state index in [1.54, 1.807) is 42.5 Å². The zero-order valence-corrected chi connectivity index (χ0v) is 13.7. The van der Waals surface area contributed by atoms with E-state index in [0.717, 1.165) is 0 Å². The van der Waals surface area contributed by atoms with Crippen molar-refractivity contribution in [2.45, 2.75) is 0 Å². The Kier molecular flexibility index (Phi) is 4.54. The van der Waals surface area contributed by atoms with E-state index in [1.807, 2.05) is 36.4 Å². The molecule has 0 amide bonds. The van der Waals surface area contributed by atoms with Gasteiger partial charge in [-0.25, -0.2) is 0 Å². The van der Waals surface area contributed by atoms with Crippen LogP contribution in [-0.4, -0.2) is 12.6 Å². The molecule has 3 aromatic carbocycles. The van der Waals surface area contributed by atoms with Crippen molar-refractivity contribution in [2.24, 2.45) is 0 Å². The summed E-state index contributed by atoms with van der Waals surface area (Å²) in [6, 6.07) is 22.8. The molecule has 0 radical (unpaired) electrons. The maximum absolute atomic E-state index is 14.2. The third-order valence-corrected chi connectivity index (χ3v) is 7.01. The Hall–Kier alpha value is -2.77. The van der Waals surface area contributed by atoms with Crippen molar-refractivity contribution in [1.82, 2.24) is 0 Å². The second-order valence-electron chi connectivity index (χ2n) is 5.33. The van der Waals surface area contributed by atoms with Gasteiger partial charge in [0.15, 0.2) is 13.4 Å². The van der Waals surface area contributed by atoms with Crippen molar-refractivity contribution in [1.29, 1.82) is 0 Å². The molecule has 0 aromatic heterocycles. The first kappa shape index (κ1) is 16.1. The fraction of sp³-hybridized carbons (Fsp3) is 0. The van der Waals surface area contributed by atoms with E-state index < -0.39 is 7.14 Å². The van der Waals surface area contributed by atoms with Gasteiger partial charge in [0.25, 0.3) is 0 Å². The van der Waals surface area contributed by atoms with Gasteiger partial charge in [0.2, 0.25) is 0 Å². The quantitative estimate of drug-likeness (QED) is 0.532. The topological polar surface area (TPSA) is 51.2 Å². The van der Waals surface area contributed by atoms with Crippen LogP contribution in [0.15, 0.2) is 78.9 Å². The number of hydrogen-bond donors (Lipinski definition) is 0. The van der Waals surface area contributed by atoms with Crippen LogP contribution < -0.4 is 15.9 Å². The average molecular weight is 334 g/mol. The Bertz CT molecular complexity index is 875. The van der Waals surface area contributed by atoms with Crippen LogP contribution in [0.3, 0.4) is 0 Å². The highest BCUT2D eigenvalue weighted by Crippen LogP contribution is 2.43. The molecule has 0 fully saturated rings. The highest BCUT2D eigenvalue weighted by atomic mass is 31.2. The van der Waals surface area contributed by atoms with Gasteiger partial charge in [0, 0.05) is 27.0 Å². The molecule has 0 spiro atoms. The van der Waals surface area contributed by atoms with Crippen molar-refractivity contribution in [3.8, 4) is 0 Å². The van der Waals surface area contributed by atoms with Gasteiger partial charge in [-0.3, -0.25) is 9.59 Å². The summed E-state index contributed by atoms with van der Waals surface area (Å²) in [7, 11) is -3.26. The van der Waals surface area contributed by atoms with Crippen LogP contribution in [0.5, 0.6) is 0 Å². The smallest absolute Gasteiger partial charge is 0.171 e. The average Bonchev–Trinajstić information content (AvgIpc) is 2.68. The first-order chi connectivity index (χ1) is 11.7. The summed E-state index contributed by atoms with van der Waals surface area (Å²) < 4.78 is 14.2. The molecular weight excluding hydrogens is 319 g/mol. The molecule has 0 aliphatic heterocycles. The molecule has 0 aliphatic carbocycles. The predicted molar refractivity (Wildman–Crippen MR) is 96.6 cm³/mol. The normalized spacial score (nSPS) is 11.0. The zero-order valence-electron chi connectivity index (χ0n) is 12.8. The predicted octanol–water partition coefficient (Wildman–Crippen LogP) is 2.95. The van der Waals surface area contributed by atoms with Gasteiger partial charge < -0.3 is 4.57 Å². The SMILES string of the molecule is O=Cc1ccc(C=O)c(P(=O)(c2ccccc2)c2ccccc2)c1. The number of rotatable bonds is 5. The largest absolute Gasteiger partial charge is 0.309 e. The highest BCUT2D eigenvalue weighted by Gasteiger charge is 2.31. The lowest BCUT2D eigenvalue weighted by Crippen LogP contribution is -2.27. The fourth-order valence-electron chi connectivity index (χ4n) is 2.71. The number of carbonyl (C=O) groups is 2. The third-order valence-electron chi connectivity index (χ3n) is 3.90. The molecule has 0 saturated carbocycles. The lowest BCUT2D eigenvalue weighted by Gasteiger charge is -2.21. The lowest BCUT2D eigenvalue weighted by molar-refractivity contribution is 0.111. The second-order valence-corrected chi connectivity index (χ2v) is 8.07. The van der Waals surface area contributed by atoms with Gasteiger partial charge in [-0.1, -0.05) is 72.8 Å². The van der Waals surface area contributed by atoms with Crippen molar-refractivity contribution >= 4 is 35.6 Å². The highest BCUT2D eigenvalue weighted by molar-refractivity contribution is 7.85. The molecule has 0 atom stereocenters. The Morgan fingerprint density at radius 1 is 0.667 bits per heavy atom. The van der Waals surface area contributed by atoms with Crippen LogP contribution in [0.25, 0.3) is 0 Å². The number of carbonyl (C=O) groups excluding carboxylic acids is 2. The molecule has 24 heavy (non-hydrogen) atoms. The van der Waals surface area contributed by atoms with Crippen molar-refractivity contribution in [3.63, 3.8) is 0 Å². The molecule has 3 aromatic rings. The Balaban J connectivity index is 2.38. The summed E-state index contributed by atoms with van der Waals surface area (Å²) in [6.45, 7) is 0. The molecule has 118 valence electrons. The maximum Gasteiger partial charge on any atom is 0.171 e. The summed E-state index contributed by atoms with van der Waals surface area (Å²) in [5.74, 6) is 0. The van der Waals surface area contributed by atoms with E-state index in [9.17, 15) is 14.2 Å². The summed E-state index contributed by atoms with van der Waals surface area (Å²) in [5.41, 5.74) is 0.722. The molecule has 0 aliphatic rings. The van der Waals surface area contributed by atoms with E-state index in [2.05, 4.69) is 0 Å². The van der Waals surface area contributed by atoms with Crippen molar-refractivity contribution in [2.75, 3.05) is 0 Å². The Morgan fingerprint density at radius 2 is 1.21 bits per heavy atom. The van der Waals surface area contributed by atoms with E-state index in [1.165, 1.54) is 0 Å². The molecule has 3 nitrogen and oxygen atoms in total. The minimum atomic E-state index is -3.26. The van der Waals surface area contributed by atoms with Crippen LogP contribution >= 0.6 is 7.14 Å². The molecule has 0 heterocycles. The number of benzene rings is 3. The van der Waals surface area contributed by atoms with Gasteiger partial charge in [-0.2, -0.15) is 0 Å². The monoisotopic (exact) mass is 334 g/mol. The van der Waals surface area contributed by atoms with Crippen LogP contribution in [0.4, 0.5) is 0 Å². The van der Waals surface area contributed by atoms with Gasteiger partial charge in [0.1, 0.15) is 6.29 Å². The van der Waals surface area contributed by atoms with E-state index in [-0.39, 0.29) is 0 Å². The van der Waals surface area contributed by atoms with Gasteiger partial charge in [0.05, 0.1) is 0 Å². The minimum Gasteiger partial charge on any atom is -0.309 e. The Labute approximate surface area is 140 Å². The Morgan fingerprint density at radius 3 is 1.67 bits per heavy atom. The maximum atomic E-state index is 14.2. The molecule has 0 N–H and O–H groups in total. The van der Waals surface area contributed by atoms with E-state index in [4.69, 9.17) is 0 Å². The van der Waals surface area contributed by atoms with E-state index in [0.29, 0.717) is 39.6 Å². The van der Waals surface area contributed by atoms with Gasteiger partial charge >= 0.3 is 0 Å². The van der Waals surface area contributed by atoms with Crippen LogP contribution in [0.2, 0.25) is 0 Å². The summed E-state index contributed by atoms with van der Waals surface area (Å²) in [6.07, 6.45) is 1.38. The third kappa shape index (κ3) is 2.75. The lowest BCUT2D eigenvalue weighted by atomic mass is 10.2. The number of aldehydes is 2. The molecular formula is C20H15O3P. The number of hydrogen-bond acceptors (Lipinski definition) is 3. The summed E-state index contributed by atoms with van der Waals surface area (Å²) >= 11 is 0. The molecule has 0 bridgehead atoms. The van der Waals surface area contributed by atoms with Crippen molar-refractivity contribution < 1.29 is 14.2 Å². The van der Waals surface area contributed by atoms with Crippen LogP contribution in [0.1, 0.15) is 20.7 Å². The van der Waals surface area contributed by atoms with Gasteiger partial charge in [-0.15, -0.1) is 0 Å². The minimum absolute atomic E-state index is 0.330. The van der Waals surface area contributed by atoms with E-state index >= 15 is 0 Å². The molecule has 4 heteroatoms. The fourth-order valence-corrected chi connectivity index (χ4v) is 5.57. The van der Waals surface area contributed by atoms with Crippen LogP contribution in [-0.2, 0) is 4.57 Å². The first-order valence-electron chi connectivity index (χ1n) is 7.46.